The van der Waals surface area contributed by atoms with E-state index < -0.39 is 29.2 Å². The molecule has 0 aliphatic rings. The lowest BCUT2D eigenvalue weighted by atomic mass is 10.0. The second kappa shape index (κ2) is 6.03. The Labute approximate surface area is 129 Å². The van der Waals surface area contributed by atoms with E-state index in [1.807, 2.05) is 0 Å². The number of rotatable bonds is 4. The molecule has 4 N–H and O–H groups in total. The number of carbonyl (C=O) groups is 2. The van der Waals surface area contributed by atoms with Crippen molar-refractivity contribution in [3.63, 3.8) is 0 Å². The van der Waals surface area contributed by atoms with Crippen LogP contribution in [0.5, 0.6) is 0 Å². The summed E-state index contributed by atoms with van der Waals surface area (Å²) in [5, 5.41) is 11.7. The molecule has 0 fully saturated rings. The fourth-order valence-corrected chi connectivity index (χ4v) is 2.20. The minimum Gasteiger partial charge on any atom is -0.480 e. The van der Waals surface area contributed by atoms with E-state index in [2.05, 4.69) is 20.3 Å². The first-order valence-electron chi connectivity index (χ1n) is 6.88. The van der Waals surface area contributed by atoms with Crippen LogP contribution in [0.1, 0.15) is 29.9 Å². The van der Waals surface area contributed by atoms with E-state index in [0.29, 0.717) is 5.56 Å². The molecule has 122 valence electrons. The van der Waals surface area contributed by atoms with E-state index in [1.165, 1.54) is 6.07 Å². The molecule has 9 heteroatoms. The summed E-state index contributed by atoms with van der Waals surface area (Å²) in [6.07, 6.45) is 0. The highest BCUT2D eigenvalue weighted by Gasteiger charge is 2.25. The van der Waals surface area contributed by atoms with Gasteiger partial charge in [-0.05, 0) is 24.5 Å². The second-order valence-electron chi connectivity index (χ2n) is 5.49. The molecule has 0 aromatic carbocycles. The number of H-pyrrole nitrogens is 2. The van der Waals surface area contributed by atoms with Gasteiger partial charge in [0.15, 0.2) is 0 Å². The summed E-state index contributed by atoms with van der Waals surface area (Å²) in [6.45, 7) is 4.91. The van der Waals surface area contributed by atoms with Gasteiger partial charge in [-0.15, -0.1) is 0 Å². The highest BCUT2D eigenvalue weighted by Crippen LogP contribution is 2.11. The Balaban J connectivity index is 2.48. The van der Waals surface area contributed by atoms with E-state index in [9.17, 15) is 19.2 Å². The van der Waals surface area contributed by atoms with Crippen LogP contribution in [-0.2, 0) is 4.79 Å². The molecule has 2 heterocycles. The van der Waals surface area contributed by atoms with Gasteiger partial charge < -0.3 is 10.4 Å². The van der Waals surface area contributed by atoms with E-state index in [-0.39, 0.29) is 22.6 Å². The number of nitrogens with zero attached hydrogens (tertiary/aromatic N) is 1. The minimum atomic E-state index is -1.16. The maximum atomic E-state index is 12.2. The van der Waals surface area contributed by atoms with Crippen LogP contribution < -0.4 is 16.6 Å². The Kier molecular flexibility index (Phi) is 4.30. The van der Waals surface area contributed by atoms with Crippen molar-refractivity contribution in [2.24, 2.45) is 5.92 Å². The number of nitrogens with one attached hydrogen (secondary N) is 3. The van der Waals surface area contributed by atoms with Crippen molar-refractivity contribution < 1.29 is 14.7 Å². The van der Waals surface area contributed by atoms with Crippen LogP contribution in [0.4, 0.5) is 0 Å². The topological polar surface area (TPSA) is 145 Å². The average molecular weight is 320 g/mol. The Morgan fingerprint density at radius 3 is 2.48 bits per heavy atom. The Morgan fingerprint density at radius 1 is 1.26 bits per heavy atom. The molecule has 0 spiro atoms. The van der Waals surface area contributed by atoms with Crippen LogP contribution in [0.2, 0.25) is 0 Å². The quantitative estimate of drug-likeness (QED) is 0.611. The maximum absolute atomic E-state index is 12.2. The van der Waals surface area contributed by atoms with Crippen molar-refractivity contribution in [1.82, 2.24) is 20.3 Å². The van der Waals surface area contributed by atoms with Crippen LogP contribution in [0, 0.1) is 12.8 Å². The third-order valence-electron chi connectivity index (χ3n) is 3.35. The summed E-state index contributed by atoms with van der Waals surface area (Å²) in [5.74, 6) is -2.17. The molecule has 0 unspecified atom stereocenters. The molecule has 0 aliphatic carbocycles. The highest BCUT2D eigenvalue weighted by molar-refractivity contribution is 5.97. The SMILES string of the molecule is Cc1cc(C(=O)N[C@H](C(=O)O)C(C)C)nc2[nH]c(=O)[nH]c(=O)c12. The van der Waals surface area contributed by atoms with Gasteiger partial charge >= 0.3 is 11.7 Å². The van der Waals surface area contributed by atoms with Gasteiger partial charge in [0.2, 0.25) is 0 Å². The van der Waals surface area contributed by atoms with Gasteiger partial charge in [0, 0.05) is 0 Å². The second-order valence-corrected chi connectivity index (χ2v) is 5.49. The predicted molar refractivity (Wildman–Crippen MR) is 81.4 cm³/mol. The molecule has 9 nitrogen and oxygen atoms in total. The molecule has 2 aromatic heterocycles. The van der Waals surface area contributed by atoms with E-state index >= 15 is 0 Å². The highest BCUT2D eigenvalue weighted by atomic mass is 16.4. The fourth-order valence-electron chi connectivity index (χ4n) is 2.20. The summed E-state index contributed by atoms with van der Waals surface area (Å²) in [6, 6.07) is 0.295. The number of pyridine rings is 1. The van der Waals surface area contributed by atoms with Crippen molar-refractivity contribution in [1.29, 1.82) is 0 Å². The number of aliphatic carboxylic acids is 1. The zero-order valence-electron chi connectivity index (χ0n) is 12.8. The van der Waals surface area contributed by atoms with Crippen LogP contribution in [0.15, 0.2) is 15.7 Å². The molecule has 0 saturated carbocycles. The molecule has 0 radical (unpaired) electrons. The number of carbonyl (C=O) groups excluding carboxylic acids is 1. The number of carboxylic acids is 1. The molecule has 2 rings (SSSR count). The average Bonchev–Trinajstić information content (AvgIpc) is 2.42. The molecule has 0 aliphatic heterocycles. The lowest BCUT2D eigenvalue weighted by Crippen LogP contribution is -2.44. The summed E-state index contributed by atoms with van der Waals surface area (Å²) in [7, 11) is 0. The number of carboxylic acid groups (broad SMARTS) is 1. The minimum absolute atomic E-state index is 0.0275. The van der Waals surface area contributed by atoms with Gasteiger partial charge in [-0.1, -0.05) is 13.8 Å². The third kappa shape index (κ3) is 3.28. The zero-order chi connectivity index (χ0) is 17.3. The third-order valence-corrected chi connectivity index (χ3v) is 3.35. The Bertz CT molecular complexity index is 896. The first kappa shape index (κ1) is 16.4. The lowest BCUT2D eigenvalue weighted by Gasteiger charge is -2.17. The number of hydrogen-bond donors (Lipinski definition) is 4. The van der Waals surface area contributed by atoms with Crippen molar-refractivity contribution in [2.45, 2.75) is 26.8 Å². The Morgan fingerprint density at radius 2 is 1.91 bits per heavy atom. The lowest BCUT2D eigenvalue weighted by molar-refractivity contribution is -0.140. The summed E-state index contributed by atoms with van der Waals surface area (Å²) >= 11 is 0. The van der Waals surface area contributed by atoms with Gasteiger partial charge in [0.25, 0.3) is 11.5 Å². The van der Waals surface area contributed by atoms with Crippen LogP contribution in [0.3, 0.4) is 0 Å². The normalized spacial score (nSPS) is 12.3. The standard InChI is InChI=1S/C14H16N4O5/c1-5(2)9(13(21)22)16-11(19)7-4-6(3)8-10(15-7)17-14(23)18-12(8)20/h4-5,9H,1-3H3,(H,16,19)(H,21,22)(H2,15,17,18,20,23)/t9-/m0/s1. The van der Waals surface area contributed by atoms with Gasteiger partial charge in [-0.3, -0.25) is 19.6 Å². The van der Waals surface area contributed by atoms with Crippen molar-refractivity contribution in [2.75, 3.05) is 0 Å². The monoisotopic (exact) mass is 320 g/mol. The molecule has 0 bridgehead atoms. The zero-order valence-corrected chi connectivity index (χ0v) is 12.8. The maximum Gasteiger partial charge on any atom is 0.327 e. The molecule has 2 aromatic rings. The van der Waals surface area contributed by atoms with Crippen molar-refractivity contribution >= 4 is 22.9 Å². The molecular formula is C14H16N4O5. The van der Waals surface area contributed by atoms with Gasteiger partial charge in [-0.25, -0.2) is 14.6 Å². The molecule has 23 heavy (non-hydrogen) atoms. The van der Waals surface area contributed by atoms with Crippen LogP contribution in [0.25, 0.3) is 11.0 Å². The summed E-state index contributed by atoms with van der Waals surface area (Å²) in [4.78, 5) is 54.8. The smallest absolute Gasteiger partial charge is 0.327 e. The number of aromatic amines is 2. The van der Waals surface area contributed by atoms with Gasteiger partial charge in [0.05, 0.1) is 5.39 Å². The number of aromatic nitrogens is 3. The predicted octanol–water partition coefficient (Wildman–Crippen LogP) is -0.241. The van der Waals surface area contributed by atoms with Crippen LogP contribution in [-0.4, -0.2) is 38.0 Å². The number of hydrogen-bond acceptors (Lipinski definition) is 5. The van der Waals surface area contributed by atoms with Crippen molar-refractivity contribution in [3.05, 3.63) is 38.2 Å². The Hall–Kier alpha value is -2.97. The number of amides is 1. The molecule has 1 atom stereocenters. The molecule has 1 amide bonds. The van der Waals surface area contributed by atoms with Gasteiger partial charge in [0.1, 0.15) is 17.4 Å². The molecular weight excluding hydrogens is 304 g/mol. The van der Waals surface area contributed by atoms with Crippen LogP contribution >= 0.6 is 0 Å². The van der Waals surface area contributed by atoms with E-state index in [0.717, 1.165) is 0 Å². The largest absolute Gasteiger partial charge is 0.480 e. The fraction of sp³-hybridized carbons (Fsp3) is 0.357. The summed E-state index contributed by atoms with van der Waals surface area (Å²) in [5.41, 5.74) is -1.01. The summed E-state index contributed by atoms with van der Waals surface area (Å²) < 4.78 is 0. The van der Waals surface area contributed by atoms with Gasteiger partial charge in [-0.2, -0.15) is 0 Å². The number of fused-ring (bicyclic) bond motifs is 1. The molecule has 0 saturated heterocycles. The van der Waals surface area contributed by atoms with E-state index in [4.69, 9.17) is 5.11 Å². The first-order valence-corrected chi connectivity index (χ1v) is 6.88. The number of aryl methyl sites for hydroxylation is 1. The first-order chi connectivity index (χ1) is 10.7. The van der Waals surface area contributed by atoms with Crippen molar-refractivity contribution in [3.8, 4) is 0 Å². The van der Waals surface area contributed by atoms with E-state index in [1.54, 1.807) is 20.8 Å².